The van der Waals surface area contributed by atoms with Gasteiger partial charge in [0.2, 0.25) is 0 Å². The predicted molar refractivity (Wildman–Crippen MR) is 164 cm³/mol. The van der Waals surface area contributed by atoms with Crippen molar-refractivity contribution in [2.75, 3.05) is 26.2 Å². The summed E-state index contributed by atoms with van der Waals surface area (Å²) in [6.45, 7) is 6.57. The molecule has 1 N–H and O–H groups in total. The summed E-state index contributed by atoms with van der Waals surface area (Å²) in [7, 11) is 3.81. The summed E-state index contributed by atoms with van der Waals surface area (Å²) in [6.07, 6.45) is 10.5. The summed E-state index contributed by atoms with van der Waals surface area (Å²) in [4.78, 5) is 20.9. The third kappa shape index (κ3) is 4.69. The number of hydrogen-bond donors (Lipinski definition) is 1. The smallest absolute Gasteiger partial charge is 0.309 e. The van der Waals surface area contributed by atoms with Gasteiger partial charge in [0.05, 0.1) is 34.6 Å². The average molecular weight is 550 g/mol. The first-order valence-corrected chi connectivity index (χ1v) is 15.0. The Morgan fingerprint density at radius 3 is 2.51 bits per heavy atom. The van der Waals surface area contributed by atoms with E-state index in [1.165, 1.54) is 36.1 Å². The highest BCUT2D eigenvalue weighted by atomic mass is 16.1. The van der Waals surface area contributed by atoms with Gasteiger partial charge in [0.25, 0.3) is 0 Å². The van der Waals surface area contributed by atoms with Crippen molar-refractivity contribution < 1.29 is 0 Å². The zero-order valence-electron chi connectivity index (χ0n) is 24.3. The number of nitrogens with one attached hydrogen (secondary N) is 1. The van der Waals surface area contributed by atoms with Gasteiger partial charge in [0, 0.05) is 50.4 Å². The van der Waals surface area contributed by atoms with E-state index < -0.39 is 0 Å². The van der Waals surface area contributed by atoms with Crippen molar-refractivity contribution in [3.05, 3.63) is 88.2 Å². The molecule has 0 saturated carbocycles. The van der Waals surface area contributed by atoms with Gasteiger partial charge in [-0.05, 0) is 86.0 Å². The minimum absolute atomic E-state index is 0.0408. The highest BCUT2D eigenvalue weighted by Crippen LogP contribution is 2.34. The Hall–Kier alpha value is -3.75. The molecule has 2 aliphatic rings. The molecule has 0 radical (unpaired) electrons. The van der Waals surface area contributed by atoms with Gasteiger partial charge in [0.1, 0.15) is 0 Å². The quantitative estimate of drug-likeness (QED) is 0.333. The first kappa shape index (κ1) is 26.2. The number of nitrogens with zero attached hydrogens (tertiary/aromatic N) is 6. The molecule has 2 fully saturated rings. The molecule has 5 aromatic rings. The molecular weight excluding hydrogens is 510 g/mol. The molecule has 0 aliphatic carbocycles. The molecule has 8 heteroatoms. The first-order chi connectivity index (χ1) is 20.0. The van der Waals surface area contributed by atoms with Crippen LogP contribution in [-0.4, -0.2) is 55.0 Å². The molecule has 0 spiro atoms. The summed E-state index contributed by atoms with van der Waals surface area (Å²) < 4.78 is 5.47. The van der Waals surface area contributed by atoms with E-state index in [4.69, 9.17) is 4.98 Å². The van der Waals surface area contributed by atoms with Crippen LogP contribution in [0.4, 0.5) is 0 Å². The van der Waals surface area contributed by atoms with E-state index in [0.717, 1.165) is 60.1 Å². The van der Waals surface area contributed by atoms with Gasteiger partial charge in [0.15, 0.2) is 0 Å². The number of aromatic nitrogens is 5. The van der Waals surface area contributed by atoms with Crippen LogP contribution in [0.1, 0.15) is 67.2 Å². The minimum Gasteiger partial charge on any atom is -0.309 e. The molecule has 41 heavy (non-hydrogen) atoms. The van der Waals surface area contributed by atoms with Gasteiger partial charge in [-0.25, -0.2) is 4.79 Å². The van der Waals surface area contributed by atoms with Gasteiger partial charge in [-0.2, -0.15) is 5.10 Å². The van der Waals surface area contributed by atoms with Gasteiger partial charge in [-0.15, -0.1) is 0 Å². The van der Waals surface area contributed by atoms with E-state index in [-0.39, 0.29) is 5.69 Å². The van der Waals surface area contributed by atoms with Crippen molar-refractivity contribution in [2.45, 2.75) is 50.5 Å². The number of likely N-dealkylation sites (tertiary alicyclic amines) is 1. The third-order valence-corrected chi connectivity index (χ3v) is 9.50. The number of benzene rings is 2. The largest absolute Gasteiger partial charge is 0.333 e. The molecule has 0 amide bonds. The van der Waals surface area contributed by atoms with Crippen LogP contribution in [-0.2, 0) is 14.1 Å². The molecule has 3 atom stereocenters. The van der Waals surface area contributed by atoms with Crippen LogP contribution < -0.4 is 11.0 Å². The normalized spacial score (nSPS) is 22.1. The van der Waals surface area contributed by atoms with Crippen molar-refractivity contribution >= 4 is 21.9 Å². The van der Waals surface area contributed by atoms with Crippen molar-refractivity contribution in [3.63, 3.8) is 0 Å². The van der Waals surface area contributed by atoms with Crippen LogP contribution in [0.5, 0.6) is 0 Å². The van der Waals surface area contributed by atoms with Crippen LogP contribution >= 0.6 is 0 Å². The number of rotatable bonds is 5. The Morgan fingerprint density at radius 2 is 1.78 bits per heavy atom. The number of likely N-dealkylation sites (N-methyl/N-ethyl adjacent to an activating group) is 1. The summed E-state index contributed by atoms with van der Waals surface area (Å²) in [5.41, 5.74) is 7.47. The summed E-state index contributed by atoms with van der Waals surface area (Å²) in [5, 5.41) is 9.12. The second-order valence-electron chi connectivity index (χ2n) is 12.0. The molecule has 8 nitrogen and oxygen atoms in total. The van der Waals surface area contributed by atoms with Gasteiger partial charge in [-0.1, -0.05) is 25.1 Å². The second-order valence-corrected chi connectivity index (χ2v) is 12.0. The van der Waals surface area contributed by atoms with Crippen LogP contribution in [0.25, 0.3) is 27.6 Å². The van der Waals surface area contributed by atoms with Crippen molar-refractivity contribution in [1.82, 2.24) is 34.1 Å². The molecular formula is C33H39N7O. The van der Waals surface area contributed by atoms with E-state index in [2.05, 4.69) is 70.9 Å². The molecule has 7 rings (SSSR count). The molecule has 0 bridgehead atoms. The van der Waals surface area contributed by atoms with Crippen LogP contribution in [0.15, 0.2) is 65.8 Å². The second kappa shape index (κ2) is 10.6. The number of piperidine rings is 2. The van der Waals surface area contributed by atoms with E-state index in [1.807, 2.05) is 35.7 Å². The predicted octanol–water partition coefficient (Wildman–Crippen LogP) is 5.02. The third-order valence-electron chi connectivity index (χ3n) is 9.50. The Balaban J connectivity index is 1.23. The molecule has 2 saturated heterocycles. The van der Waals surface area contributed by atoms with E-state index in [9.17, 15) is 4.79 Å². The fourth-order valence-corrected chi connectivity index (χ4v) is 7.06. The van der Waals surface area contributed by atoms with Gasteiger partial charge in [-0.3, -0.25) is 18.8 Å². The highest BCUT2D eigenvalue weighted by molar-refractivity contribution is 6.03. The van der Waals surface area contributed by atoms with E-state index in [1.54, 1.807) is 4.57 Å². The van der Waals surface area contributed by atoms with Crippen LogP contribution in [0.2, 0.25) is 0 Å². The summed E-state index contributed by atoms with van der Waals surface area (Å²) in [6, 6.07) is 15.6. The number of imidazole rings is 1. The SMILES string of the molecule is CCN1CCCC(c2ccc(-n3c(=O)n(C)c4cnc5ccc(C6CCC(c7cnn(C)c7)NC6)cc5c43)cc2)C1. The number of fused-ring (bicyclic) bond motifs is 3. The zero-order chi connectivity index (χ0) is 28.1. The van der Waals surface area contributed by atoms with Crippen molar-refractivity contribution in [2.24, 2.45) is 14.1 Å². The average Bonchev–Trinajstić information content (AvgIpc) is 3.57. The molecule has 2 aliphatic heterocycles. The van der Waals surface area contributed by atoms with Gasteiger partial charge < -0.3 is 10.2 Å². The monoisotopic (exact) mass is 549 g/mol. The lowest BCUT2D eigenvalue weighted by Gasteiger charge is -2.32. The lowest BCUT2D eigenvalue weighted by Crippen LogP contribution is -2.34. The topological polar surface area (TPSA) is 72.9 Å². The molecule has 3 aromatic heterocycles. The highest BCUT2D eigenvalue weighted by Gasteiger charge is 2.25. The molecule has 2 aromatic carbocycles. The Kier molecular flexibility index (Phi) is 6.75. The molecule has 212 valence electrons. The first-order valence-electron chi connectivity index (χ1n) is 15.0. The fourth-order valence-electron chi connectivity index (χ4n) is 7.06. The molecule has 5 heterocycles. The lowest BCUT2D eigenvalue weighted by atomic mass is 9.86. The Morgan fingerprint density at radius 1 is 0.951 bits per heavy atom. The number of hydrogen-bond acceptors (Lipinski definition) is 5. The zero-order valence-corrected chi connectivity index (χ0v) is 24.3. The van der Waals surface area contributed by atoms with Gasteiger partial charge >= 0.3 is 5.69 Å². The minimum atomic E-state index is -0.0408. The fraction of sp³-hybridized carbons (Fsp3) is 0.424. The standard InChI is InChI=1S/C33H39N7O/c1-4-39-15-5-6-25(21-39)22-7-11-27(12-8-22)40-32-28-16-23(9-14-30(28)35-19-31(32)38(3)33(40)41)24-10-13-29(34-17-24)26-18-36-37(2)20-26/h7-9,11-12,14,16,18-20,24-25,29,34H,4-6,10,13,15,17,21H2,1-3H3. The number of pyridine rings is 1. The Bertz CT molecular complexity index is 1750. The van der Waals surface area contributed by atoms with Crippen molar-refractivity contribution in [3.8, 4) is 5.69 Å². The number of aryl methyl sites for hydroxylation is 2. The lowest BCUT2D eigenvalue weighted by molar-refractivity contribution is 0.218. The van der Waals surface area contributed by atoms with Crippen molar-refractivity contribution in [1.29, 1.82) is 0 Å². The maximum atomic E-state index is 13.6. The maximum absolute atomic E-state index is 13.6. The van der Waals surface area contributed by atoms with E-state index >= 15 is 0 Å². The summed E-state index contributed by atoms with van der Waals surface area (Å²) >= 11 is 0. The maximum Gasteiger partial charge on any atom is 0.333 e. The van der Waals surface area contributed by atoms with E-state index in [0.29, 0.717) is 17.9 Å². The Labute approximate surface area is 240 Å². The summed E-state index contributed by atoms with van der Waals surface area (Å²) in [5.74, 6) is 0.959. The van der Waals surface area contributed by atoms with Crippen LogP contribution in [0, 0.1) is 0 Å². The molecule has 3 unspecified atom stereocenters. The van der Waals surface area contributed by atoms with Crippen LogP contribution in [0.3, 0.4) is 0 Å².